The zero-order valence-electron chi connectivity index (χ0n) is 7.58. The van der Waals surface area contributed by atoms with E-state index in [1.54, 1.807) is 0 Å². The first-order chi connectivity index (χ1) is 6.06. The highest BCUT2D eigenvalue weighted by molar-refractivity contribution is 4.50. The van der Waals surface area contributed by atoms with Crippen LogP contribution < -0.4 is 10.6 Å². The summed E-state index contributed by atoms with van der Waals surface area (Å²) in [5.74, 6) is 0. The highest BCUT2D eigenvalue weighted by Crippen LogP contribution is 2.13. The Kier molecular flexibility index (Phi) is 6.93. The van der Waals surface area contributed by atoms with Gasteiger partial charge < -0.3 is 15.4 Å². The molecule has 80 valence electrons. The average molecular weight is 200 g/mol. The van der Waals surface area contributed by atoms with Crippen LogP contribution in [0, 0.1) is 0 Å². The maximum absolute atomic E-state index is 11.5. The van der Waals surface area contributed by atoms with Crippen molar-refractivity contribution in [2.45, 2.75) is 6.18 Å². The molecule has 0 saturated carbocycles. The van der Waals surface area contributed by atoms with Crippen LogP contribution in [0.5, 0.6) is 0 Å². The average Bonchev–Trinajstić information content (AvgIpc) is 2.01. The molecule has 0 aliphatic rings. The van der Waals surface area contributed by atoms with Gasteiger partial charge >= 0.3 is 6.18 Å². The van der Waals surface area contributed by atoms with Crippen molar-refractivity contribution in [3.8, 4) is 0 Å². The monoisotopic (exact) mass is 200 g/mol. The normalized spacial score (nSPS) is 12.0. The van der Waals surface area contributed by atoms with E-state index in [1.165, 1.54) is 0 Å². The molecule has 0 aromatic carbocycles. The van der Waals surface area contributed by atoms with Crippen molar-refractivity contribution in [3.05, 3.63) is 0 Å². The summed E-state index contributed by atoms with van der Waals surface area (Å²) in [6, 6.07) is 0. The Bertz CT molecular complexity index is 119. The molecule has 0 fully saturated rings. The van der Waals surface area contributed by atoms with Crippen molar-refractivity contribution in [1.29, 1.82) is 0 Å². The van der Waals surface area contributed by atoms with Crippen molar-refractivity contribution >= 4 is 0 Å². The third-order valence-corrected chi connectivity index (χ3v) is 1.24. The van der Waals surface area contributed by atoms with Crippen molar-refractivity contribution in [2.75, 3.05) is 39.9 Å². The van der Waals surface area contributed by atoms with Crippen LogP contribution in [0.25, 0.3) is 0 Å². The molecule has 0 rings (SSSR count). The van der Waals surface area contributed by atoms with E-state index in [0.29, 0.717) is 6.54 Å². The standard InChI is InChI=1S/C7H15F3N2O/c1-11-2-3-12-4-5-13-6-7(8,9)10/h11-12H,2-6H2,1H3. The molecule has 0 heterocycles. The molecule has 0 atom stereocenters. The van der Waals surface area contributed by atoms with Crippen LogP contribution >= 0.6 is 0 Å². The first kappa shape index (κ1) is 12.7. The van der Waals surface area contributed by atoms with Gasteiger partial charge in [-0.25, -0.2) is 0 Å². The molecule has 0 unspecified atom stereocenters. The predicted octanol–water partition coefficient (Wildman–Crippen LogP) is 0.374. The van der Waals surface area contributed by atoms with Gasteiger partial charge in [-0.3, -0.25) is 0 Å². The van der Waals surface area contributed by atoms with E-state index < -0.39 is 12.8 Å². The molecule has 0 amide bonds. The smallest absolute Gasteiger partial charge is 0.371 e. The van der Waals surface area contributed by atoms with Gasteiger partial charge in [0.2, 0.25) is 0 Å². The Hall–Kier alpha value is -0.330. The molecule has 0 spiro atoms. The number of halogens is 3. The number of hydrogen-bond acceptors (Lipinski definition) is 3. The molecule has 0 radical (unpaired) electrons. The van der Waals surface area contributed by atoms with Crippen molar-refractivity contribution in [3.63, 3.8) is 0 Å². The maximum atomic E-state index is 11.5. The quantitative estimate of drug-likeness (QED) is 0.583. The van der Waals surface area contributed by atoms with Gasteiger partial charge in [0, 0.05) is 19.6 Å². The van der Waals surface area contributed by atoms with E-state index in [0.717, 1.165) is 13.1 Å². The molecule has 0 aromatic heterocycles. The van der Waals surface area contributed by atoms with Crippen molar-refractivity contribution in [1.82, 2.24) is 10.6 Å². The number of alkyl halides is 3. The second-order valence-corrected chi connectivity index (χ2v) is 2.52. The topological polar surface area (TPSA) is 33.3 Å². The number of ether oxygens (including phenoxy) is 1. The van der Waals surface area contributed by atoms with Crippen LogP contribution in [0.3, 0.4) is 0 Å². The Morgan fingerprint density at radius 3 is 2.38 bits per heavy atom. The van der Waals surface area contributed by atoms with Crippen LogP contribution in [-0.4, -0.2) is 46.1 Å². The van der Waals surface area contributed by atoms with E-state index in [9.17, 15) is 13.2 Å². The molecule has 6 heteroatoms. The van der Waals surface area contributed by atoms with Crippen LogP contribution in [-0.2, 0) is 4.74 Å². The first-order valence-corrected chi connectivity index (χ1v) is 4.06. The SMILES string of the molecule is CNCCNCCOCC(F)(F)F. The van der Waals surface area contributed by atoms with Crippen molar-refractivity contribution < 1.29 is 17.9 Å². The number of likely N-dealkylation sites (N-methyl/N-ethyl adjacent to an activating group) is 1. The number of hydrogen-bond donors (Lipinski definition) is 2. The minimum absolute atomic E-state index is 0.0865. The van der Waals surface area contributed by atoms with Crippen LogP contribution in [0.1, 0.15) is 0 Å². The lowest BCUT2D eigenvalue weighted by atomic mass is 10.6. The minimum Gasteiger partial charge on any atom is -0.371 e. The highest BCUT2D eigenvalue weighted by Gasteiger charge is 2.26. The Morgan fingerprint density at radius 1 is 1.15 bits per heavy atom. The van der Waals surface area contributed by atoms with Crippen LogP contribution in [0.2, 0.25) is 0 Å². The van der Waals surface area contributed by atoms with Gasteiger partial charge in [-0.15, -0.1) is 0 Å². The molecule has 0 saturated heterocycles. The molecule has 2 N–H and O–H groups in total. The number of rotatable bonds is 7. The molecular formula is C7H15F3N2O. The van der Waals surface area contributed by atoms with Gasteiger partial charge in [0.25, 0.3) is 0 Å². The molecule has 13 heavy (non-hydrogen) atoms. The zero-order chi connectivity index (χ0) is 10.2. The molecule has 0 aliphatic heterocycles. The summed E-state index contributed by atoms with van der Waals surface area (Å²) in [5, 5.41) is 5.82. The summed E-state index contributed by atoms with van der Waals surface area (Å²) in [5.41, 5.74) is 0. The fourth-order valence-corrected chi connectivity index (χ4v) is 0.671. The lowest BCUT2D eigenvalue weighted by Crippen LogP contribution is -2.29. The van der Waals surface area contributed by atoms with Crippen LogP contribution in [0.4, 0.5) is 13.2 Å². The van der Waals surface area contributed by atoms with E-state index in [2.05, 4.69) is 15.4 Å². The van der Waals surface area contributed by atoms with E-state index in [1.807, 2.05) is 7.05 Å². The predicted molar refractivity (Wildman–Crippen MR) is 43.7 cm³/mol. The van der Waals surface area contributed by atoms with Gasteiger partial charge in [0.1, 0.15) is 6.61 Å². The molecule has 0 aromatic rings. The second-order valence-electron chi connectivity index (χ2n) is 2.52. The Morgan fingerprint density at radius 2 is 1.85 bits per heavy atom. The zero-order valence-corrected chi connectivity index (χ0v) is 7.58. The van der Waals surface area contributed by atoms with E-state index >= 15 is 0 Å². The highest BCUT2D eigenvalue weighted by atomic mass is 19.4. The lowest BCUT2D eigenvalue weighted by molar-refractivity contribution is -0.173. The third-order valence-electron chi connectivity index (χ3n) is 1.24. The third kappa shape index (κ3) is 11.7. The molecule has 0 bridgehead atoms. The molecule has 0 aliphatic carbocycles. The van der Waals surface area contributed by atoms with Gasteiger partial charge in [0.15, 0.2) is 0 Å². The first-order valence-electron chi connectivity index (χ1n) is 4.06. The van der Waals surface area contributed by atoms with Gasteiger partial charge in [0.05, 0.1) is 6.61 Å². The summed E-state index contributed by atoms with van der Waals surface area (Å²) >= 11 is 0. The summed E-state index contributed by atoms with van der Waals surface area (Å²) in [4.78, 5) is 0. The van der Waals surface area contributed by atoms with Gasteiger partial charge in [-0.1, -0.05) is 0 Å². The fourth-order valence-electron chi connectivity index (χ4n) is 0.671. The minimum atomic E-state index is -4.22. The largest absolute Gasteiger partial charge is 0.411 e. The number of nitrogens with one attached hydrogen (secondary N) is 2. The van der Waals surface area contributed by atoms with E-state index in [-0.39, 0.29) is 6.61 Å². The van der Waals surface area contributed by atoms with E-state index in [4.69, 9.17) is 0 Å². The fraction of sp³-hybridized carbons (Fsp3) is 1.00. The molecule has 3 nitrogen and oxygen atoms in total. The molecular weight excluding hydrogens is 185 g/mol. The Balaban J connectivity index is 3.00. The lowest BCUT2D eigenvalue weighted by Gasteiger charge is -2.08. The van der Waals surface area contributed by atoms with Crippen molar-refractivity contribution in [2.24, 2.45) is 0 Å². The summed E-state index contributed by atoms with van der Waals surface area (Å²) in [7, 11) is 1.81. The summed E-state index contributed by atoms with van der Waals surface area (Å²) < 4.78 is 39.0. The van der Waals surface area contributed by atoms with Gasteiger partial charge in [-0.05, 0) is 7.05 Å². The van der Waals surface area contributed by atoms with Gasteiger partial charge in [-0.2, -0.15) is 13.2 Å². The summed E-state index contributed by atoms with van der Waals surface area (Å²) in [6.07, 6.45) is -4.22. The van der Waals surface area contributed by atoms with Crippen LogP contribution in [0.15, 0.2) is 0 Å². The Labute approximate surface area is 75.6 Å². The maximum Gasteiger partial charge on any atom is 0.411 e. The second kappa shape index (κ2) is 7.11. The summed E-state index contributed by atoms with van der Waals surface area (Å²) in [6.45, 7) is 0.882.